The van der Waals surface area contributed by atoms with E-state index in [2.05, 4.69) is 46.2 Å². The van der Waals surface area contributed by atoms with Gasteiger partial charge < -0.3 is 5.32 Å². The summed E-state index contributed by atoms with van der Waals surface area (Å²) < 4.78 is 0. The number of nitrogens with one attached hydrogen (secondary N) is 1. The molecule has 0 radical (unpaired) electrons. The van der Waals surface area contributed by atoms with Crippen LogP contribution in [0.3, 0.4) is 0 Å². The predicted molar refractivity (Wildman–Crippen MR) is 66.5 cm³/mol. The van der Waals surface area contributed by atoms with Crippen LogP contribution in [0.4, 0.5) is 5.69 Å². The Morgan fingerprint density at radius 2 is 2.27 bits per heavy atom. The van der Waals surface area contributed by atoms with Gasteiger partial charge in [-0.15, -0.1) is 0 Å². The van der Waals surface area contributed by atoms with Gasteiger partial charge in [0.05, 0.1) is 0 Å². The van der Waals surface area contributed by atoms with Gasteiger partial charge in [-0.25, -0.2) is 0 Å². The lowest BCUT2D eigenvalue weighted by Crippen LogP contribution is -2.44. The summed E-state index contributed by atoms with van der Waals surface area (Å²) in [4.78, 5) is 2.62. The molecule has 2 aliphatic rings. The van der Waals surface area contributed by atoms with E-state index in [-0.39, 0.29) is 0 Å². The molecule has 0 aromatic heterocycles. The number of benzene rings is 1. The van der Waals surface area contributed by atoms with Gasteiger partial charge in [-0.2, -0.15) is 11.8 Å². The second-order valence-corrected chi connectivity index (χ2v) is 5.39. The Hall–Kier alpha value is -0.670. The first-order chi connectivity index (χ1) is 7.43. The van der Waals surface area contributed by atoms with Crippen LogP contribution < -0.4 is 5.32 Å². The molecule has 1 aromatic rings. The fraction of sp³-hybridized carbons (Fsp3) is 0.500. The summed E-state index contributed by atoms with van der Waals surface area (Å²) in [5, 5.41) is 3.57. The van der Waals surface area contributed by atoms with Gasteiger partial charge in [-0.3, -0.25) is 4.90 Å². The van der Waals surface area contributed by atoms with Gasteiger partial charge in [-0.1, -0.05) is 18.2 Å². The molecule has 80 valence electrons. The van der Waals surface area contributed by atoms with Crippen LogP contribution in [0.25, 0.3) is 0 Å². The number of fused-ring (bicyclic) bond motifs is 2. The zero-order chi connectivity index (χ0) is 10.1. The van der Waals surface area contributed by atoms with Crippen molar-refractivity contribution < 1.29 is 0 Å². The Labute approximate surface area is 95.0 Å². The molecule has 1 atom stereocenters. The van der Waals surface area contributed by atoms with E-state index in [1.165, 1.54) is 29.3 Å². The molecular formula is C12H16N2S. The molecule has 3 rings (SSSR count). The number of hydrogen-bond acceptors (Lipinski definition) is 3. The average Bonchev–Trinajstić information content (AvgIpc) is 2.48. The van der Waals surface area contributed by atoms with Crippen LogP contribution >= 0.6 is 11.8 Å². The van der Waals surface area contributed by atoms with Crippen molar-refractivity contribution in [3.63, 3.8) is 0 Å². The van der Waals surface area contributed by atoms with Crippen molar-refractivity contribution in [2.45, 2.75) is 12.6 Å². The first-order valence-electron chi connectivity index (χ1n) is 5.57. The maximum absolute atomic E-state index is 3.57. The fourth-order valence-electron chi connectivity index (χ4n) is 2.36. The van der Waals surface area contributed by atoms with E-state index in [0.717, 1.165) is 19.1 Å². The number of thioether (sulfide) groups is 1. The largest absolute Gasteiger partial charge is 0.383 e. The molecule has 2 nitrogen and oxygen atoms in total. The number of rotatable bonds is 0. The van der Waals surface area contributed by atoms with Crippen LogP contribution in [-0.2, 0) is 6.54 Å². The fourth-order valence-corrected chi connectivity index (χ4v) is 3.49. The quantitative estimate of drug-likeness (QED) is 0.720. The molecule has 0 saturated carbocycles. The van der Waals surface area contributed by atoms with Gasteiger partial charge in [0.25, 0.3) is 0 Å². The van der Waals surface area contributed by atoms with E-state index in [4.69, 9.17) is 0 Å². The van der Waals surface area contributed by atoms with Crippen molar-refractivity contribution in [3.8, 4) is 0 Å². The molecular weight excluding hydrogens is 204 g/mol. The topological polar surface area (TPSA) is 15.3 Å². The van der Waals surface area contributed by atoms with Crippen molar-refractivity contribution in [2.75, 3.05) is 29.9 Å². The third kappa shape index (κ3) is 1.86. The maximum atomic E-state index is 3.57. The Morgan fingerprint density at radius 3 is 3.27 bits per heavy atom. The van der Waals surface area contributed by atoms with E-state index < -0.39 is 0 Å². The van der Waals surface area contributed by atoms with Crippen LogP contribution in [0.2, 0.25) is 0 Å². The first-order valence-corrected chi connectivity index (χ1v) is 6.72. The highest BCUT2D eigenvalue weighted by Gasteiger charge is 2.25. The molecule has 1 saturated heterocycles. The maximum Gasteiger partial charge on any atom is 0.0386 e. The average molecular weight is 220 g/mol. The summed E-state index contributed by atoms with van der Waals surface area (Å²) in [6.45, 7) is 3.46. The Balaban J connectivity index is 1.88. The van der Waals surface area contributed by atoms with Crippen LogP contribution in [-0.4, -0.2) is 35.5 Å². The highest BCUT2D eigenvalue weighted by Crippen LogP contribution is 2.26. The van der Waals surface area contributed by atoms with Gasteiger partial charge >= 0.3 is 0 Å². The molecule has 0 bridgehead atoms. The highest BCUT2D eigenvalue weighted by molar-refractivity contribution is 7.99. The highest BCUT2D eigenvalue weighted by atomic mass is 32.2. The molecule has 1 N–H and O–H groups in total. The third-order valence-corrected chi connectivity index (χ3v) is 4.36. The Morgan fingerprint density at radius 1 is 1.33 bits per heavy atom. The lowest BCUT2D eigenvalue weighted by molar-refractivity contribution is 0.223. The molecule has 1 aromatic carbocycles. The predicted octanol–water partition coefficient (Wildman–Crippen LogP) is 2.03. The minimum atomic E-state index is 0.719. The Kier molecular flexibility index (Phi) is 2.59. The third-order valence-electron chi connectivity index (χ3n) is 3.27. The summed E-state index contributed by atoms with van der Waals surface area (Å²) in [7, 11) is 0. The number of nitrogens with zero attached hydrogens (tertiary/aromatic N) is 1. The first kappa shape index (κ1) is 9.55. The van der Waals surface area contributed by atoms with E-state index in [1.54, 1.807) is 0 Å². The molecule has 0 unspecified atom stereocenters. The zero-order valence-corrected chi connectivity index (χ0v) is 9.59. The minimum Gasteiger partial charge on any atom is -0.383 e. The summed E-state index contributed by atoms with van der Waals surface area (Å²) >= 11 is 2.09. The van der Waals surface area contributed by atoms with Gasteiger partial charge in [0.15, 0.2) is 0 Å². The normalized spacial score (nSPS) is 26.0. The van der Waals surface area contributed by atoms with Crippen LogP contribution in [0.15, 0.2) is 24.3 Å². The molecule has 15 heavy (non-hydrogen) atoms. The van der Waals surface area contributed by atoms with Gasteiger partial charge in [-0.05, 0) is 11.6 Å². The number of anilines is 1. The monoisotopic (exact) mass is 220 g/mol. The van der Waals surface area contributed by atoms with Crippen molar-refractivity contribution in [1.29, 1.82) is 0 Å². The summed E-state index contributed by atoms with van der Waals surface area (Å²) in [5.41, 5.74) is 2.78. The zero-order valence-electron chi connectivity index (χ0n) is 8.78. The summed E-state index contributed by atoms with van der Waals surface area (Å²) in [6, 6.07) is 9.41. The molecule has 2 aliphatic heterocycles. The second-order valence-electron chi connectivity index (χ2n) is 4.24. The lowest BCUT2D eigenvalue weighted by Gasteiger charge is -2.33. The van der Waals surface area contributed by atoms with E-state index in [0.29, 0.717) is 0 Å². The minimum absolute atomic E-state index is 0.719. The SMILES string of the molecule is c1ccc2c(c1)CN1CCSC[C@H]1CN2. The molecule has 0 aliphatic carbocycles. The molecule has 3 heteroatoms. The van der Waals surface area contributed by atoms with Crippen LogP contribution in [0, 0.1) is 0 Å². The van der Waals surface area contributed by atoms with Crippen LogP contribution in [0.5, 0.6) is 0 Å². The van der Waals surface area contributed by atoms with Crippen molar-refractivity contribution in [1.82, 2.24) is 4.90 Å². The van der Waals surface area contributed by atoms with E-state index in [9.17, 15) is 0 Å². The molecule has 2 heterocycles. The van der Waals surface area contributed by atoms with E-state index >= 15 is 0 Å². The van der Waals surface area contributed by atoms with Crippen molar-refractivity contribution >= 4 is 17.4 Å². The summed E-state index contributed by atoms with van der Waals surface area (Å²) in [5.74, 6) is 2.57. The lowest BCUT2D eigenvalue weighted by atomic mass is 10.1. The number of hydrogen-bond donors (Lipinski definition) is 1. The Bertz CT molecular complexity index is 353. The van der Waals surface area contributed by atoms with Crippen molar-refractivity contribution in [3.05, 3.63) is 29.8 Å². The van der Waals surface area contributed by atoms with Crippen LogP contribution in [0.1, 0.15) is 5.56 Å². The molecule has 1 fully saturated rings. The van der Waals surface area contributed by atoms with Gasteiger partial charge in [0.2, 0.25) is 0 Å². The summed E-state index contributed by atoms with van der Waals surface area (Å²) in [6.07, 6.45) is 0. The molecule has 0 amide bonds. The smallest absolute Gasteiger partial charge is 0.0386 e. The number of para-hydroxylation sites is 1. The van der Waals surface area contributed by atoms with E-state index in [1.807, 2.05) is 0 Å². The van der Waals surface area contributed by atoms with Crippen molar-refractivity contribution in [2.24, 2.45) is 0 Å². The standard InChI is InChI=1S/C12H16N2S/c1-2-4-12-10(3-1)8-14-5-6-15-9-11(14)7-13-12/h1-4,11,13H,5-9H2/t11-/m1/s1. The van der Waals surface area contributed by atoms with Gasteiger partial charge in [0.1, 0.15) is 0 Å². The van der Waals surface area contributed by atoms with Gasteiger partial charge in [0, 0.05) is 42.9 Å². The molecule has 0 spiro atoms. The second kappa shape index (κ2) is 4.06.